The number of amides is 1. The number of halogens is 1. The van der Waals surface area contributed by atoms with Crippen molar-refractivity contribution in [1.82, 2.24) is 19.7 Å². The molecule has 1 heterocycles. The van der Waals surface area contributed by atoms with E-state index in [-0.39, 0.29) is 17.0 Å². The topological polar surface area (TPSA) is 51.0 Å². The summed E-state index contributed by atoms with van der Waals surface area (Å²) in [5.74, 6) is 0.127. The van der Waals surface area contributed by atoms with Gasteiger partial charge in [0.05, 0.1) is 10.8 Å². The lowest BCUT2D eigenvalue weighted by atomic mass is 10.2. The predicted molar refractivity (Wildman–Crippen MR) is 109 cm³/mol. The van der Waals surface area contributed by atoms with Crippen molar-refractivity contribution in [2.75, 3.05) is 6.54 Å². The maximum atomic E-state index is 14.1. The van der Waals surface area contributed by atoms with Crippen molar-refractivity contribution in [3.8, 4) is 11.4 Å². The lowest BCUT2D eigenvalue weighted by Gasteiger charge is -2.24. The first kappa shape index (κ1) is 20.1. The van der Waals surface area contributed by atoms with Crippen LogP contribution in [0.25, 0.3) is 11.4 Å². The zero-order chi connectivity index (χ0) is 20.1. The molecule has 3 aromatic rings. The molecule has 0 saturated heterocycles. The summed E-state index contributed by atoms with van der Waals surface area (Å²) in [6.07, 6.45) is 0. The first-order valence-electron chi connectivity index (χ1n) is 9.15. The largest absolute Gasteiger partial charge is 0.338 e. The number of aromatic nitrogens is 3. The van der Waals surface area contributed by atoms with Gasteiger partial charge in [0.25, 0.3) is 0 Å². The summed E-state index contributed by atoms with van der Waals surface area (Å²) in [4.78, 5) is 14.7. The number of nitrogens with zero attached hydrogens (tertiary/aromatic N) is 4. The highest BCUT2D eigenvalue weighted by atomic mass is 32.2. The van der Waals surface area contributed by atoms with Gasteiger partial charge in [-0.2, -0.15) is 0 Å². The third-order valence-electron chi connectivity index (χ3n) is 4.49. The molecule has 7 heteroatoms. The Morgan fingerprint density at radius 3 is 2.50 bits per heavy atom. The van der Waals surface area contributed by atoms with Gasteiger partial charge in [0.15, 0.2) is 11.0 Å². The van der Waals surface area contributed by atoms with E-state index in [2.05, 4.69) is 10.2 Å². The standard InChI is InChI=1S/C21H23FN4OS/c1-4-26(14-16-10-6-5-7-11-16)20(27)15(2)28-21-24-23-19(25(21)3)17-12-8-9-13-18(17)22/h5-13,15H,4,14H2,1-3H3. The van der Waals surface area contributed by atoms with Crippen LogP contribution in [-0.4, -0.2) is 37.4 Å². The van der Waals surface area contributed by atoms with E-state index in [1.54, 1.807) is 29.8 Å². The van der Waals surface area contributed by atoms with Gasteiger partial charge in [-0.3, -0.25) is 4.79 Å². The van der Waals surface area contributed by atoms with Crippen LogP contribution in [-0.2, 0) is 18.4 Å². The second-order valence-electron chi connectivity index (χ2n) is 6.44. The molecule has 0 saturated carbocycles. The molecule has 1 aromatic heterocycles. The monoisotopic (exact) mass is 398 g/mol. The van der Waals surface area contributed by atoms with Crippen molar-refractivity contribution in [3.05, 3.63) is 66.0 Å². The van der Waals surface area contributed by atoms with Gasteiger partial charge in [0, 0.05) is 20.1 Å². The quantitative estimate of drug-likeness (QED) is 0.561. The lowest BCUT2D eigenvalue weighted by molar-refractivity contribution is -0.130. The minimum atomic E-state index is -0.348. The highest BCUT2D eigenvalue weighted by Gasteiger charge is 2.24. The molecule has 0 aliphatic carbocycles. The van der Waals surface area contributed by atoms with Gasteiger partial charge >= 0.3 is 0 Å². The highest BCUT2D eigenvalue weighted by Crippen LogP contribution is 2.28. The summed E-state index contributed by atoms with van der Waals surface area (Å²) in [6, 6.07) is 16.4. The second-order valence-corrected chi connectivity index (χ2v) is 7.75. The van der Waals surface area contributed by atoms with Crippen LogP contribution in [0.3, 0.4) is 0 Å². The van der Waals surface area contributed by atoms with Crippen molar-refractivity contribution in [3.63, 3.8) is 0 Å². The second kappa shape index (κ2) is 9.01. The molecule has 28 heavy (non-hydrogen) atoms. The molecule has 0 radical (unpaired) electrons. The van der Waals surface area contributed by atoms with Crippen LogP contribution >= 0.6 is 11.8 Å². The van der Waals surface area contributed by atoms with Gasteiger partial charge in [0.1, 0.15) is 5.82 Å². The summed E-state index contributed by atoms with van der Waals surface area (Å²) in [5.41, 5.74) is 1.48. The van der Waals surface area contributed by atoms with Gasteiger partial charge in [-0.05, 0) is 31.5 Å². The number of thioether (sulfide) groups is 1. The van der Waals surface area contributed by atoms with E-state index in [9.17, 15) is 9.18 Å². The van der Waals surface area contributed by atoms with E-state index in [0.717, 1.165) is 5.56 Å². The molecular weight excluding hydrogens is 375 g/mol. The Kier molecular flexibility index (Phi) is 6.46. The van der Waals surface area contributed by atoms with E-state index >= 15 is 0 Å². The van der Waals surface area contributed by atoms with Crippen molar-refractivity contribution in [2.45, 2.75) is 30.8 Å². The van der Waals surface area contributed by atoms with Gasteiger partial charge in [0.2, 0.25) is 5.91 Å². The Morgan fingerprint density at radius 2 is 1.82 bits per heavy atom. The summed E-state index contributed by atoms with van der Waals surface area (Å²) < 4.78 is 15.8. The van der Waals surface area contributed by atoms with E-state index in [1.807, 2.05) is 49.1 Å². The normalized spacial score (nSPS) is 12.0. The molecule has 0 aliphatic heterocycles. The molecule has 1 amide bonds. The predicted octanol–water partition coefficient (Wildman–Crippen LogP) is 4.15. The Bertz CT molecular complexity index is 945. The Labute approximate surface area is 168 Å². The average Bonchev–Trinajstić information content (AvgIpc) is 3.07. The molecule has 2 aromatic carbocycles. The maximum Gasteiger partial charge on any atom is 0.236 e. The number of carbonyl (C=O) groups is 1. The molecular formula is C21H23FN4OS. The Balaban J connectivity index is 1.73. The molecule has 1 unspecified atom stereocenters. The molecule has 0 fully saturated rings. The SMILES string of the molecule is CCN(Cc1ccccc1)C(=O)C(C)Sc1nnc(-c2ccccc2F)n1C. The number of rotatable bonds is 7. The summed E-state index contributed by atoms with van der Waals surface area (Å²) in [7, 11) is 1.78. The molecule has 0 aliphatic rings. The van der Waals surface area contributed by atoms with Crippen LogP contribution in [0.15, 0.2) is 59.8 Å². The van der Waals surface area contributed by atoms with Crippen LogP contribution in [0.2, 0.25) is 0 Å². The number of benzene rings is 2. The van der Waals surface area contributed by atoms with Crippen LogP contribution < -0.4 is 0 Å². The van der Waals surface area contributed by atoms with Gasteiger partial charge in [-0.15, -0.1) is 10.2 Å². The number of hydrogen-bond acceptors (Lipinski definition) is 4. The first-order chi connectivity index (χ1) is 13.5. The summed E-state index contributed by atoms with van der Waals surface area (Å²) in [5, 5.41) is 8.53. The van der Waals surface area contributed by atoms with E-state index in [4.69, 9.17) is 0 Å². The Hall–Kier alpha value is -2.67. The smallest absolute Gasteiger partial charge is 0.236 e. The van der Waals surface area contributed by atoms with Gasteiger partial charge in [-0.25, -0.2) is 4.39 Å². The van der Waals surface area contributed by atoms with Crippen molar-refractivity contribution in [1.29, 1.82) is 0 Å². The minimum absolute atomic E-state index is 0.0341. The van der Waals surface area contributed by atoms with Gasteiger partial charge < -0.3 is 9.47 Å². The number of hydrogen-bond donors (Lipinski definition) is 0. The van der Waals surface area contributed by atoms with Crippen molar-refractivity contribution in [2.24, 2.45) is 7.05 Å². The lowest BCUT2D eigenvalue weighted by Crippen LogP contribution is -2.36. The third-order valence-corrected chi connectivity index (χ3v) is 5.61. The molecule has 3 rings (SSSR count). The zero-order valence-electron chi connectivity index (χ0n) is 16.2. The van der Waals surface area contributed by atoms with Crippen LogP contribution in [0.5, 0.6) is 0 Å². The zero-order valence-corrected chi connectivity index (χ0v) is 17.0. The molecule has 1 atom stereocenters. The fraction of sp³-hybridized carbons (Fsp3) is 0.286. The summed E-state index contributed by atoms with van der Waals surface area (Å²) in [6.45, 7) is 5.02. The maximum absolute atomic E-state index is 14.1. The third kappa shape index (κ3) is 4.42. The van der Waals surface area contributed by atoms with Crippen LogP contribution in [0, 0.1) is 5.82 Å². The molecule has 0 spiro atoms. The minimum Gasteiger partial charge on any atom is -0.338 e. The molecule has 0 bridgehead atoms. The first-order valence-corrected chi connectivity index (χ1v) is 10.0. The fourth-order valence-electron chi connectivity index (χ4n) is 2.91. The molecule has 0 N–H and O–H groups in total. The molecule has 146 valence electrons. The fourth-order valence-corrected chi connectivity index (χ4v) is 3.81. The average molecular weight is 399 g/mol. The summed E-state index contributed by atoms with van der Waals surface area (Å²) >= 11 is 1.33. The highest BCUT2D eigenvalue weighted by molar-refractivity contribution is 8.00. The number of carbonyl (C=O) groups excluding carboxylic acids is 1. The molecule has 5 nitrogen and oxygen atoms in total. The van der Waals surface area contributed by atoms with Crippen molar-refractivity contribution < 1.29 is 9.18 Å². The van der Waals surface area contributed by atoms with Crippen LogP contribution in [0.4, 0.5) is 4.39 Å². The van der Waals surface area contributed by atoms with E-state index < -0.39 is 0 Å². The van der Waals surface area contributed by atoms with E-state index in [0.29, 0.717) is 29.6 Å². The van der Waals surface area contributed by atoms with Crippen molar-refractivity contribution >= 4 is 17.7 Å². The van der Waals surface area contributed by atoms with Crippen LogP contribution in [0.1, 0.15) is 19.4 Å². The van der Waals surface area contributed by atoms with Gasteiger partial charge in [-0.1, -0.05) is 54.2 Å². The Morgan fingerprint density at radius 1 is 1.14 bits per heavy atom. The van der Waals surface area contributed by atoms with E-state index in [1.165, 1.54) is 17.8 Å².